The van der Waals surface area contributed by atoms with Gasteiger partial charge in [-0.25, -0.2) is 0 Å². The van der Waals surface area contributed by atoms with Gasteiger partial charge in [-0.1, -0.05) is 73.5 Å². The van der Waals surface area contributed by atoms with Gasteiger partial charge in [-0.05, 0) is 42.5 Å². The number of carbonyl (C=O) groups excluding carboxylic acids is 2. The minimum absolute atomic E-state index is 0.149. The minimum atomic E-state index is -0.263. The second-order valence-corrected chi connectivity index (χ2v) is 8.09. The Morgan fingerprint density at radius 1 is 0.724 bits per heavy atom. The average Bonchev–Trinajstić information content (AvgIpc) is 2.70. The van der Waals surface area contributed by atoms with E-state index in [9.17, 15) is 9.59 Å². The van der Waals surface area contributed by atoms with Gasteiger partial charge in [-0.3, -0.25) is 9.59 Å². The molecule has 0 saturated heterocycles. The number of benzene rings is 2. The van der Waals surface area contributed by atoms with E-state index in [1.807, 2.05) is 76.2 Å². The van der Waals surface area contributed by atoms with E-state index in [1.165, 1.54) is 23.3 Å². The summed E-state index contributed by atoms with van der Waals surface area (Å²) in [6.07, 6.45) is 6.64. The van der Waals surface area contributed by atoms with Crippen LogP contribution in [0.1, 0.15) is 36.1 Å². The summed E-state index contributed by atoms with van der Waals surface area (Å²) < 4.78 is 0. The highest BCUT2D eigenvalue weighted by atomic mass is 16.2. The molecule has 0 unspecified atom stereocenters. The summed E-state index contributed by atoms with van der Waals surface area (Å²) in [5, 5.41) is 5.79. The van der Waals surface area contributed by atoms with Crippen molar-refractivity contribution in [3.63, 3.8) is 0 Å². The number of rotatable bonds is 8. The quantitative estimate of drug-likeness (QED) is 0.661. The number of hydrogen-bond donors (Lipinski definition) is 2. The molecular weight excluding hydrogens is 360 g/mol. The Kier molecular flexibility index (Phi) is 7.96. The third-order valence-corrected chi connectivity index (χ3v) is 4.49. The summed E-state index contributed by atoms with van der Waals surface area (Å²) in [6.45, 7) is 8.98. The molecule has 0 aliphatic carbocycles. The van der Waals surface area contributed by atoms with Crippen molar-refractivity contribution >= 4 is 24.0 Å². The van der Waals surface area contributed by atoms with Crippen molar-refractivity contribution in [2.75, 3.05) is 13.1 Å². The van der Waals surface area contributed by atoms with Gasteiger partial charge in [0.15, 0.2) is 0 Å². The lowest BCUT2D eigenvalue weighted by Gasteiger charge is -2.24. The summed E-state index contributed by atoms with van der Waals surface area (Å²) in [5.41, 5.74) is 4.07. The SMILES string of the molecule is Cc1ccc(/C=C/C(=O)NCC(C)(C)CNC(=O)/C=C/c2ccc(C)cc2)cc1. The maximum absolute atomic E-state index is 12.1. The molecular formula is C25H30N2O2. The zero-order valence-electron chi connectivity index (χ0n) is 17.7. The van der Waals surface area contributed by atoms with E-state index in [0.29, 0.717) is 13.1 Å². The van der Waals surface area contributed by atoms with E-state index in [2.05, 4.69) is 10.6 Å². The van der Waals surface area contributed by atoms with Crippen LogP contribution in [0.3, 0.4) is 0 Å². The van der Waals surface area contributed by atoms with Crippen molar-refractivity contribution in [1.82, 2.24) is 10.6 Å². The van der Waals surface area contributed by atoms with E-state index >= 15 is 0 Å². The lowest BCUT2D eigenvalue weighted by molar-refractivity contribution is -0.116. The standard InChI is InChI=1S/C25H30N2O2/c1-19-5-9-21(10-6-19)13-15-23(28)26-17-25(3,4)18-27-24(29)16-14-22-11-7-20(2)8-12-22/h5-16H,17-18H2,1-4H3,(H,26,28)(H,27,29)/b15-13+,16-14+. The van der Waals surface area contributed by atoms with Crippen LogP contribution >= 0.6 is 0 Å². The fourth-order valence-corrected chi connectivity index (χ4v) is 2.53. The topological polar surface area (TPSA) is 58.2 Å². The summed E-state index contributed by atoms with van der Waals surface area (Å²) in [7, 11) is 0. The van der Waals surface area contributed by atoms with E-state index in [-0.39, 0.29) is 17.2 Å². The maximum Gasteiger partial charge on any atom is 0.244 e. The Balaban J connectivity index is 1.75. The first-order chi connectivity index (χ1) is 13.7. The van der Waals surface area contributed by atoms with Crippen LogP contribution < -0.4 is 10.6 Å². The lowest BCUT2D eigenvalue weighted by Crippen LogP contribution is -2.41. The van der Waals surface area contributed by atoms with Gasteiger partial charge < -0.3 is 10.6 Å². The van der Waals surface area contributed by atoms with Crippen LogP contribution in [-0.4, -0.2) is 24.9 Å². The smallest absolute Gasteiger partial charge is 0.244 e. The average molecular weight is 391 g/mol. The number of carbonyl (C=O) groups is 2. The first-order valence-corrected chi connectivity index (χ1v) is 9.79. The van der Waals surface area contributed by atoms with Gasteiger partial charge >= 0.3 is 0 Å². The fourth-order valence-electron chi connectivity index (χ4n) is 2.53. The normalized spacial score (nSPS) is 11.7. The Morgan fingerprint density at radius 3 is 1.41 bits per heavy atom. The molecule has 0 atom stereocenters. The van der Waals surface area contributed by atoms with E-state index in [1.54, 1.807) is 12.2 Å². The van der Waals surface area contributed by atoms with Crippen molar-refractivity contribution < 1.29 is 9.59 Å². The van der Waals surface area contributed by atoms with Gasteiger partial charge in [0, 0.05) is 25.2 Å². The molecule has 0 aliphatic rings. The zero-order chi connectivity index (χ0) is 21.3. The van der Waals surface area contributed by atoms with Crippen LogP contribution in [0.4, 0.5) is 0 Å². The first kappa shape index (κ1) is 22.2. The summed E-state index contributed by atoms with van der Waals surface area (Å²) in [5.74, 6) is -0.298. The number of aryl methyl sites for hydroxylation is 2. The van der Waals surface area contributed by atoms with Crippen LogP contribution in [0, 0.1) is 19.3 Å². The lowest BCUT2D eigenvalue weighted by atomic mass is 9.93. The van der Waals surface area contributed by atoms with Crippen LogP contribution in [0.25, 0.3) is 12.2 Å². The Morgan fingerprint density at radius 2 is 1.07 bits per heavy atom. The largest absolute Gasteiger partial charge is 0.352 e. The van der Waals surface area contributed by atoms with Crippen LogP contribution in [0.5, 0.6) is 0 Å². The van der Waals surface area contributed by atoms with Crippen LogP contribution in [0.15, 0.2) is 60.7 Å². The molecule has 0 spiro atoms. The number of nitrogens with one attached hydrogen (secondary N) is 2. The molecule has 0 fully saturated rings. The maximum atomic E-state index is 12.1. The van der Waals surface area contributed by atoms with Crippen molar-refractivity contribution in [2.24, 2.45) is 5.41 Å². The number of hydrogen-bond acceptors (Lipinski definition) is 2. The molecule has 2 rings (SSSR count). The fraction of sp³-hybridized carbons (Fsp3) is 0.280. The Hall–Kier alpha value is -3.14. The first-order valence-electron chi connectivity index (χ1n) is 9.79. The molecule has 0 aliphatic heterocycles. The molecule has 4 heteroatoms. The molecule has 152 valence electrons. The van der Waals surface area contributed by atoms with Gasteiger partial charge in [-0.2, -0.15) is 0 Å². The molecule has 29 heavy (non-hydrogen) atoms. The van der Waals surface area contributed by atoms with E-state index in [4.69, 9.17) is 0 Å². The predicted molar refractivity (Wildman–Crippen MR) is 120 cm³/mol. The summed E-state index contributed by atoms with van der Waals surface area (Å²) in [4.78, 5) is 24.1. The second kappa shape index (κ2) is 10.4. The molecule has 0 saturated carbocycles. The van der Waals surface area contributed by atoms with Gasteiger partial charge in [-0.15, -0.1) is 0 Å². The molecule has 4 nitrogen and oxygen atoms in total. The number of amides is 2. The van der Waals surface area contributed by atoms with Crippen molar-refractivity contribution in [1.29, 1.82) is 0 Å². The molecule has 2 aromatic carbocycles. The highest BCUT2D eigenvalue weighted by molar-refractivity contribution is 5.92. The highest BCUT2D eigenvalue weighted by Crippen LogP contribution is 2.12. The predicted octanol–water partition coefficient (Wildman–Crippen LogP) is 4.29. The third kappa shape index (κ3) is 8.60. The van der Waals surface area contributed by atoms with Gasteiger partial charge in [0.25, 0.3) is 0 Å². The third-order valence-electron chi connectivity index (χ3n) is 4.49. The monoisotopic (exact) mass is 390 g/mol. The summed E-state index contributed by atoms with van der Waals surface area (Å²) >= 11 is 0. The van der Waals surface area contributed by atoms with E-state index in [0.717, 1.165) is 11.1 Å². The molecule has 2 aromatic rings. The molecule has 0 heterocycles. The van der Waals surface area contributed by atoms with Crippen molar-refractivity contribution in [2.45, 2.75) is 27.7 Å². The van der Waals surface area contributed by atoms with Gasteiger partial charge in [0.05, 0.1) is 0 Å². The van der Waals surface area contributed by atoms with Crippen LogP contribution in [0.2, 0.25) is 0 Å². The Bertz CT molecular complexity index is 803. The van der Waals surface area contributed by atoms with Gasteiger partial charge in [0.1, 0.15) is 0 Å². The van der Waals surface area contributed by atoms with Crippen LogP contribution in [-0.2, 0) is 9.59 Å². The summed E-state index contributed by atoms with van der Waals surface area (Å²) in [6, 6.07) is 15.9. The molecule has 2 N–H and O–H groups in total. The molecule has 0 aromatic heterocycles. The molecule has 2 amide bonds. The zero-order valence-corrected chi connectivity index (χ0v) is 17.7. The van der Waals surface area contributed by atoms with Crippen molar-refractivity contribution in [3.05, 3.63) is 82.9 Å². The minimum Gasteiger partial charge on any atom is -0.352 e. The molecule has 0 bridgehead atoms. The van der Waals surface area contributed by atoms with E-state index < -0.39 is 0 Å². The van der Waals surface area contributed by atoms with Gasteiger partial charge in [0.2, 0.25) is 11.8 Å². The highest BCUT2D eigenvalue weighted by Gasteiger charge is 2.19. The van der Waals surface area contributed by atoms with Crippen molar-refractivity contribution in [3.8, 4) is 0 Å². The Labute approximate surface area is 173 Å². The molecule has 0 radical (unpaired) electrons. The second-order valence-electron chi connectivity index (χ2n) is 8.09.